The lowest BCUT2D eigenvalue weighted by Crippen LogP contribution is -2.36. The van der Waals surface area contributed by atoms with Crippen molar-refractivity contribution in [1.82, 2.24) is 20.1 Å². The van der Waals surface area contributed by atoms with Gasteiger partial charge in [-0.1, -0.05) is 12.1 Å². The number of carbonyl (C=O) groups is 2. The molecule has 0 atom stereocenters. The van der Waals surface area contributed by atoms with Gasteiger partial charge in [0.1, 0.15) is 12.2 Å². The van der Waals surface area contributed by atoms with Crippen LogP contribution >= 0.6 is 0 Å². The Bertz CT molecular complexity index is 694. The molecule has 1 aromatic heterocycles. The van der Waals surface area contributed by atoms with E-state index >= 15 is 0 Å². The summed E-state index contributed by atoms with van der Waals surface area (Å²) in [7, 11) is 0. The average Bonchev–Trinajstić information content (AvgIpc) is 2.92. The molecule has 0 saturated carbocycles. The van der Waals surface area contributed by atoms with Crippen LogP contribution in [0.25, 0.3) is 0 Å². The van der Waals surface area contributed by atoms with E-state index in [1.54, 1.807) is 27.8 Å². The van der Waals surface area contributed by atoms with Crippen molar-refractivity contribution >= 4 is 17.5 Å². The molecule has 7 nitrogen and oxygen atoms in total. The SMILES string of the molecule is CCn1ncnc1CN1C(=O)CNC(=O)c2ccccc21. The second kappa shape index (κ2) is 5.35. The van der Waals surface area contributed by atoms with Crippen molar-refractivity contribution in [2.75, 3.05) is 11.4 Å². The molecule has 1 aliphatic heterocycles. The van der Waals surface area contributed by atoms with Crippen LogP contribution in [0, 0.1) is 0 Å². The number of hydrogen-bond acceptors (Lipinski definition) is 4. The van der Waals surface area contributed by atoms with Crippen molar-refractivity contribution in [2.45, 2.75) is 20.0 Å². The fraction of sp³-hybridized carbons (Fsp3) is 0.286. The molecule has 1 aliphatic rings. The number of hydrogen-bond donors (Lipinski definition) is 1. The number of benzene rings is 1. The molecule has 108 valence electrons. The van der Waals surface area contributed by atoms with Crippen LogP contribution in [0.2, 0.25) is 0 Å². The Hall–Kier alpha value is -2.70. The zero-order valence-corrected chi connectivity index (χ0v) is 11.6. The Balaban J connectivity index is 2.01. The van der Waals surface area contributed by atoms with Gasteiger partial charge in [0.2, 0.25) is 5.91 Å². The lowest BCUT2D eigenvalue weighted by Gasteiger charge is -2.21. The van der Waals surface area contributed by atoms with Crippen LogP contribution in [0.4, 0.5) is 5.69 Å². The molecule has 3 rings (SSSR count). The minimum absolute atomic E-state index is 0.0201. The number of nitrogens with one attached hydrogen (secondary N) is 1. The zero-order chi connectivity index (χ0) is 14.8. The first-order valence-electron chi connectivity index (χ1n) is 6.75. The predicted octanol–water partition coefficient (Wildman–Crippen LogP) is 0.575. The van der Waals surface area contributed by atoms with Gasteiger partial charge < -0.3 is 10.2 Å². The summed E-state index contributed by atoms with van der Waals surface area (Å²) in [4.78, 5) is 30.1. The summed E-state index contributed by atoms with van der Waals surface area (Å²) in [6, 6.07) is 7.06. The standard InChI is InChI=1S/C14H15N5O2/c1-2-19-12(16-9-17-19)8-18-11-6-4-3-5-10(11)14(21)15-7-13(18)20/h3-6,9H,2,7-8H2,1H3,(H,15,21). The average molecular weight is 285 g/mol. The summed E-state index contributed by atoms with van der Waals surface area (Å²) in [5, 5.41) is 6.72. The van der Waals surface area contributed by atoms with Gasteiger partial charge >= 0.3 is 0 Å². The molecule has 2 aromatic rings. The summed E-state index contributed by atoms with van der Waals surface area (Å²) >= 11 is 0. The second-order valence-electron chi connectivity index (χ2n) is 4.67. The highest BCUT2D eigenvalue weighted by atomic mass is 16.2. The van der Waals surface area contributed by atoms with E-state index in [0.29, 0.717) is 30.2 Å². The maximum Gasteiger partial charge on any atom is 0.253 e. The molecule has 0 spiro atoms. The van der Waals surface area contributed by atoms with Gasteiger partial charge in [-0.15, -0.1) is 0 Å². The van der Waals surface area contributed by atoms with E-state index in [-0.39, 0.29) is 18.4 Å². The molecule has 1 aromatic carbocycles. The number of aryl methyl sites for hydroxylation is 1. The summed E-state index contributed by atoms with van der Waals surface area (Å²) in [5.74, 6) is 0.285. The van der Waals surface area contributed by atoms with Crippen LogP contribution in [-0.4, -0.2) is 33.1 Å². The number of para-hydroxylation sites is 1. The molecule has 1 N–H and O–H groups in total. The summed E-state index contributed by atoms with van der Waals surface area (Å²) in [6.45, 7) is 2.91. The second-order valence-corrected chi connectivity index (χ2v) is 4.67. The van der Waals surface area contributed by atoms with E-state index in [1.165, 1.54) is 6.33 Å². The van der Waals surface area contributed by atoms with Crippen molar-refractivity contribution < 1.29 is 9.59 Å². The lowest BCUT2D eigenvalue weighted by atomic mass is 10.1. The maximum absolute atomic E-state index is 12.3. The first-order valence-corrected chi connectivity index (χ1v) is 6.75. The number of fused-ring (bicyclic) bond motifs is 1. The van der Waals surface area contributed by atoms with Crippen molar-refractivity contribution in [3.05, 3.63) is 42.0 Å². The van der Waals surface area contributed by atoms with Gasteiger partial charge in [-0.25, -0.2) is 9.67 Å². The molecular formula is C14H15N5O2. The Morgan fingerprint density at radius 1 is 1.29 bits per heavy atom. The van der Waals surface area contributed by atoms with E-state index in [0.717, 1.165) is 0 Å². The Morgan fingerprint density at radius 2 is 2.10 bits per heavy atom. The number of carbonyl (C=O) groups excluding carboxylic acids is 2. The van der Waals surface area contributed by atoms with Crippen molar-refractivity contribution in [3.63, 3.8) is 0 Å². The Morgan fingerprint density at radius 3 is 2.90 bits per heavy atom. The molecule has 0 aliphatic carbocycles. The molecule has 2 amide bonds. The van der Waals surface area contributed by atoms with Gasteiger partial charge in [0.15, 0.2) is 0 Å². The van der Waals surface area contributed by atoms with Crippen LogP contribution in [0.1, 0.15) is 23.1 Å². The Kier molecular flexibility index (Phi) is 3.39. The van der Waals surface area contributed by atoms with E-state index in [1.807, 2.05) is 13.0 Å². The quantitative estimate of drug-likeness (QED) is 0.894. The first kappa shape index (κ1) is 13.3. The number of nitrogens with zero attached hydrogens (tertiary/aromatic N) is 4. The van der Waals surface area contributed by atoms with Gasteiger partial charge in [-0.2, -0.15) is 5.10 Å². The summed E-state index contributed by atoms with van der Waals surface area (Å²) in [5.41, 5.74) is 1.09. The van der Waals surface area contributed by atoms with Gasteiger partial charge in [-0.3, -0.25) is 9.59 Å². The third kappa shape index (κ3) is 2.37. The van der Waals surface area contributed by atoms with Crippen molar-refractivity contribution in [2.24, 2.45) is 0 Å². The van der Waals surface area contributed by atoms with E-state index in [4.69, 9.17) is 0 Å². The monoisotopic (exact) mass is 285 g/mol. The molecular weight excluding hydrogens is 270 g/mol. The van der Waals surface area contributed by atoms with E-state index < -0.39 is 0 Å². The highest BCUT2D eigenvalue weighted by Crippen LogP contribution is 2.24. The molecule has 0 bridgehead atoms. The molecule has 0 radical (unpaired) electrons. The van der Waals surface area contributed by atoms with Crippen LogP contribution in [0.15, 0.2) is 30.6 Å². The van der Waals surface area contributed by atoms with Gasteiger partial charge in [-0.05, 0) is 19.1 Å². The van der Waals surface area contributed by atoms with Crippen molar-refractivity contribution in [3.8, 4) is 0 Å². The largest absolute Gasteiger partial charge is 0.343 e. The minimum atomic E-state index is -0.238. The van der Waals surface area contributed by atoms with Crippen LogP contribution in [0.5, 0.6) is 0 Å². The van der Waals surface area contributed by atoms with E-state index in [9.17, 15) is 9.59 Å². The van der Waals surface area contributed by atoms with Gasteiger partial charge in [0, 0.05) is 6.54 Å². The van der Waals surface area contributed by atoms with Crippen LogP contribution in [-0.2, 0) is 17.9 Å². The third-order valence-electron chi connectivity index (χ3n) is 3.44. The maximum atomic E-state index is 12.3. The predicted molar refractivity (Wildman–Crippen MR) is 75.7 cm³/mol. The molecule has 21 heavy (non-hydrogen) atoms. The molecule has 0 saturated heterocycles. The summed E-state index contributed by atoms with van der Waals surface area (Å²) in [6.07, 6.45) is 1.47. The number of rotatable bonds is 3. The molecule has 7 heteroatoms. The fourth-order valence-corrected chi connectivity index (χ4v) is 2.37. The Labute approximate surface area is 121 Å². The topological polar surface area (TPSA) is 80.1 Å². The van der Waals surface area contributed by atoms with Crippen LogP contribution in [0.3, 0.4) is 0 Å². The molecule has 0 unspecified atom stereocenters. The highest BCUT2D eigenvalue weighted by Gasteiger charge is 2.27. The normalized spacial score (nSPS) is 14.6. The van der Waals surface area contributed by atoms with Crippen molar-refractivity contribution in [1.29, 1.82) is 0 Å². The lowest BCUT2D eigenvalue weighted by molar-refractivity contribution is -0.117. The third-order valence-corrected chi connectivity index (χ3v) is 3.44. The zero-order valence-electron chi connectivity index (χ0n) is 11.6. The smallest absolute Gasteiger partial charge is 0.253 e. The number of amides is 2. The first-order chi connectivity index (χ1) is 10.2. The molecule has 2 heterocycles. The highest BCUT2D eigenvalue weighted by molar-refractivity contribution is 6.09. The number of anilines is 1. The van der Waals surface area contributed by atoms with Crippen LogP contribution < -0.4 is 10.2 Å². The number of aromatic nitrogens is 3. The molecule has 0 fully saturated rings. The fourth-order valence-electron chi connectivity index (χ4n) is 2.37. The van der Waals surface area contributed by atoms with Gasteiger partial charge in [0.05, 0.1) is 24.3 Å². The van der Waals surface area contributed by atoms with Gasteiger partial charge in [0.25, 0.3) is 5.91 Å². The minimum Gasteiger partial charge on any atom is -0.343 e. The summed E-state index contributed by atoms with van der Waals surface area (Å²) < 4.78 is 1.73. The van der Waals surface area contributed by atoms with E-state index in [2.05, 4.69) is 15.4 Å².